The molecule has 1 N–H and O–H groups in total. The molecule has 130 valence electrons. The van der Waals surface area contributed by atoms with E-state index in [1.165, 1.54) is 10.9 Å². The van der Waals surface area contributed by atoms with Gasteiger partial charge in [0, 0.05) is 18.8 Å². The minimum Gasteiger partial charge on any atom is -0.354 e. The quantitative estimate of drug-likeness (QED) is 0.471. The lowest BCUT2D eigenvalue weighted by molar-refractivity contribution is -0.385. The Morgan fingerprint density at radius 2 is 2.12 bits per heavy atom. The summed E-state index contributed by atoms with van der Waals surface area (Å²) in [5.41, 5.74) is 2.34. The Morgan fingerprint density at radius 3 is 2.67 bits per heavy atom. The third-order valence-electron chi connectivity index (χ3n) is 3.91. The standard InChI is InChI=1S/C15H22N6O3/c1-10-8-11(2)19(18-10)7-5-6-16-15(22)13(4)20-12(3)14(9-17-20)21(23)24/h8-9,13H,5-7H2,1-4H3,(H,16,22). The highest BCUT2D eigenvalue weighted by atomic mass is 16.6. The molecule has 2 rings (SSSR count). The van der Waals surface area contributed by atoms with Crippen molar-refractivity contribution >= 4 is 11.6 Å². The Labute approximate surface area is 139 Å². The van der Waals surface area contributed by atoms with Crippen molar-refractivity contribution in [1.82, 2.24) is 24.9 Å². The molecule has 1 amide bonds. The van der Waals surface area contributed by atoms with E-state index in [0.29, 0.717) is 12.2 Å². The summed E-state index contributed by atoms with van der Waals surface area (Å²) in [6.45, 7) is 8.41. The molecule has 0 aliphatic rings. The molecule has 2 heterocycles. The van der Waals surface area contributed by atoms with Crippen molar-refractivity contribution in [1.29, 1.82) is 0 Å². The van der Waals surface area contributed by atoms with Crippen LogP contribution in [0.15, 0.2) is 12.3 Å². The fourth-order valence-electron chi connectivity index (χ4n) is 2.58. The minimum absolute atomic E-state index is 0.0841. The molecule has 0 aliphatic carbocycles. The van der Waals surface area contributed by atoms with E-state index in [2.05, 4.69) is 15.5 Å². The Kier molecular flexibility index (Phi) is 5.32. The van der Waals surface area contributed by atoms with Crippen LogP contribution < -0.4 is 5.32 Å². The van der Waals surface area contributed by atoms with Gasteiger partial charge >= 0.3 is 5.69 Å². The van der Waals surface area contributed by atoms with Crippen LogP contribution in [0.5, 0.6) is 0 Å². The van der Waals surface area contributed by atoms with E-state index in [1.807, 2.05) is 24.6 Å². The topological polar surface area (TPSA) is 108 Å². The van der Waals surface area contributed by atoms with Gasteiger partial charge in [0.1, 0.15) is 17.9 Å². The van der Waals surface area contributed by atoms with Gasteiger partial charge in [0.15, 0.2) is 0 Å². The number of nitro groups is 1. The van der Waals surface area contributed by atoms with Crippen LogP contribution in [-0.4, -0.2) is 36.9 Å². The fourth-order valence-corrected chi connectivity index (χ4v) is 2.58. The second kappa shape index (κ2) is 7.24. The zero-order valence-corrected chi connectivity index (χ0v) is 14.3. The number of nitrogens with one attached hydrogen (secondary N) is 1. The number of nitrogens with zero attached hydrogens (tertiary/aromatic N) is 5. The number of rotatable bonds is 7. The molecule has 1 unspecified atom stereocenters. The predicted molar refractivity (Wildman–Crippen MR) is 87.7 cm³/mol. The van der Waals surface area contributed by atoms with Gasteiger partial charge in [-0.1, -0.05) is 0 Å². The van der Waals surface area contributed by atoms with Gasteiger partial charge in [0.05, 0.1) is 10.6 Å². The third kappa shape index (κ3) is 3.79. The molecule has 9 nitrogen and oxygen atoms in total. The highest BCUT2D eigenvalue weighted by molar-refractivity contribution is 5.79. The van der Waals surface area contributed by atoms with E-state index < -0.39 is 11.0 Å². The van der Waals surface area contributed by atoms with Crippen molar-refractivity contribution in [3.05, 3.63) is 39.5 Å². The average Bonchev–Trinajstić information content (AvgIpc) is 3.05. The van der Waals surface area contributed by atoms with Gasteiger partial charge in [-0.3, -0.25) is 24.3 Å². The van der Waals surface area contributed by atoms with Gasteiger partial charge in [-0.25, -0.2) is 0 Å². The predicted octanol–water partition coefficient (Wildman–Crippen LogP) is 1.68. The summed E-state index contributed by atoms with van der Waals surface area (Å²) in [6, 6.07) is 1.40. The number of aromatic nitrogens is 4. The van der Waals surface area contributed by atoms with Crippen LogP contribution in [0.1, 0.15) is 36.5 Å². The molecule has 0 bridgehead atoms. The maximum atomic E-state index is 12.2. The van der Waals surface area contributed by atoms with Crippen LogP contribution in [0.3, 0.4) is 0 Å². The van der Waals surface area contributed by atoms with Gasteiger partial charge < -0.3 is 5.32 Å². The minimum atomic E-state index is -0.604. The number of carbonyl (C=O) groups excluding carboxylic acids is 1. The molecule has 2 aromatic rings. The van der Waals surface area contributed by atoms with E-state index in [4.69, 9.17) is 0 Å². The van der Waals surface area contributed by atoms with Crippen LogP contribution in [0.2, 0.25) is 0 Å². The number of aryl methyl sites for hydroxylation is 3. The average molecular weight is 334 g/mol. The first kappa shape index (κ1) is 17.6. The molecule has 0 spiro atoms. The molecule has 1 atom stereocenters. The van der Waals surface area contributed by atoms with E-state index in [-0.39, 0.29) is 11.6 Å². The molecule has 0 aromatic carbocycles. The Bertz CT molecular complexity index is 748. The van der Waals surface area contributed by atoms with Gasteiger partial charge in [0.2, 0.25) is 5.91 Å². The lowest BCUT2D eigenvalue weighted by Crippen LogP contribution is -2.33. The maximum absolute atomic E-state index is 12.2. The molecular formula is C15H22N6O3. The summed E-state index contributed by atoms with van der Waals surface area (Å²) in [7, 11) is 0. The van der Waals surface area contributed by atoms with Crippen LogP contribution in [0.25, 0.3) is 0 Å². The van der Waals surface area contributed by atoms with Crippen molar-refractivity contribution in [3.8, 4) is 0 Å². The summed E-state index contributed by atoms with van der Waals surface area (Å²) >= 11 is 0. The fraction of sp³-hybridized carbons (Fsp3) is 0.533. The molecule has 2 aromatic heterocycles. The summed E-state index contributed by atoms with van der Waals surface area (Å²) in [5, 5.41) is 22.0. The summed E-state index contributed by atoms with van der Waals surface area (Å²) in [5.74, 6) is -0.218. The van der Waals surface area contributed by atoms with E-state index in [1.54, 1.807) is 13.8 Å². The molecule has 0 aliphatic heterocycles. The smallest absolute Gasteiger partial charge is 0.309 e. The van der Waals surface area contributed by atoms with Crippen molar-refractivity contribution < 1.29 is 9.72 Å². The zero-order chi connectivity index (χ0) is 17.9. The van der Waals surface area contributed by atoms with Gasteiger partial charge in [-0.05, 0) is 40.2 Å². The molecule has 0 radical (unpaired) electrons. The van der Waals surface area contributed by atoms with Crippen molar-refractivity contribution in [3.63, 3.8) is 0 Å². The van der Waals surface area contributed by atoms with Gasteiger partial charge in [-0.15, -0.1) is 0 Å². The highest BCUT2D eigenvalue weighted by Crippen LogP contribution is 2.19. The molecule has 24 heavy (non-hydrogen) atoms. The lowest BCUT2D eigenvalue weighted by Gasteiger charge is -2.14. The lowest BCUT2D eigenvalue weighted by atomic mass is 10.3. The first-order valence-corrected chi connectivity index (χ1v) is 7.78. The van der Waals surface area contributed by atoms with E-state index in [0.717, 1.165) is 24.4 Å². The summed E-state index contributed by atoms with van der Waals surface area (Å²) in [6.07, 6.45) is 1.92. The van der Waals surface area contributed by atoms with Gasteiger partial charge in [-0.2, -0.15) is 10.2 Å². The molecular weight excluding hydrogens is 312 g/mol. The number of carbonyl (C=O) groups is 1. The Balaban J connectivity index is 1.86. The highest BCUT2D eigenvalue weighted by Gasteiger charge is 2.23. The second-order valence-corrected chi connectivity index (χ2v) is 5.79. The molecule has 9 heteroatoms. The molecule has 0 fully saturated rings. The number of hydrogen-bond acceptors (Lipinski definition) is 5. The molecule has 0 saturated heterocycles. The van der Waals surface area contributed by atoms with Crippen molar-refractivity contribution in [2.24, 2.45) is 0 Å². The normalized spacial score (nSPS) is 12.2. The first-order valence-electron chi connectivity index (χ1n) is 7.78. The maximum Gasteiger partial charge on any atom is 0.309 e. The number of amides is 1. The SMILES string of the molecule is Cc1cc(C)n(CCCNC(=O)C(C)n2ncc([N+](=O)[O-])c2C)n1. The Hall–Kier alpha value is -2.71. The van der Waals surface area contributed by atoms with Crippen LogP contribution in [0.4, 0.5) is 5.69 Å². The van der Waals surface area contributed by atoms with Gasteiger partial charge in [0.25, 0.3) is 0 Å². The monoisotopic (exact) mass is 334 g/mol. The van der Waals surface area contributed by atoms with Crippen molar-refractivity contribution in [2.45, 2.75) is 46.7 Å². The van der Waals surface area contributed by atoms with Crippen molar-refractivity contribution in [2.75, 3.05) is 6.54 Å². The largest absolute Gasteiger partial charge is 0.354 e. The van der Waals surface area contributed by atoms with Crippen LogP contribution in [-0.2, 0) is 11.3 Å². The van der Waals surface area contributed by atoms with E-state index >= 15 is 0 Å². The summed E-state index contributed by atoms with van der Waals surface area (Å²) < 4.78 is 3.28. The summed E-state index contributed by atoms with van der Waals surface area (Å²) in [4.78, 5) is 22.5. The third-order valence-corrected chi connectivity index (χ3v) is 3.91. The Morgan fingerprint density at radius 1 is 1.42 bits per heavy atom. The van der Waals surface area contributed by atoms with E-state index in [9.17, 15) is 14.9 Å². The number of hydrogen-bond donors (Lipinski definition) is 1. The molecule has 0 saturated carbocycles. The van der Waals surface area contributed by atoms with Crippen LogP contribution in [0, 0.1) is 30.9 Å². The van der Waals surface area contributed by atoms with Crippen LogP contribution >= 0.6 is 0 Å². The second-order valence-electron chi connectivity index (χ2n) is 5.79. The zero-order valence-electron chi connectivity index (χ0n) is 14.3. The first-order chi connectivity index (χ1) is 11.3.